The van der Waals surface area contributed by atoms with Gasteiger partial charge in [-0.1, -0.05) is 35.9 Å². The van der Waals surface area contributed by atoms with Crippen LogP contribution >= 0.6 is 11.6 Å². The van der Waals surface area contributed by atoms with Gasteiger partial charge in [0.25, 0.3) is 10.0 Å². The number of pyridine rings is 1. The highest BCUT2D eigenvalue weighted by Crippen LogP contribution is 2.30. The van der Waals surface area contributed by atoms with Crippen molar-refractivity contribution in [3.63, 3.8) is 0 Å². The topological polar surface area (TPSA) is 117 Å². The van der Waals surface area contributed by atoms with Crippen molar-refractivity contribution >= 4 is 50.1 Å². The Morgan fingerprint density at radius 2 is 1.79 bits per heavy atom. The number of nitrogens with one attached hydrogen (secondary N) is 2. The van der Waals surface area contributed by atoms with Crippen LogP contribution in [0.5, 0.6) is 0 Å². The Labute approximate surface area is 200 Å². The van der Waals surface area contributed by atoms with Gasteiger partial charge in [-0.25, -0.2) is 18.4 Å². The summed E-state index contributed by atoms with van der Waals surface area (Å²) < 4.78 is 28.0. The maximum absolute atomic E-state index is 12.7. The van der Waals surface area contributed by atoms with E-state index in [1.807, 2.05) is 23.1 Å². The van der Waals surface area contributed by atoms with Gasteiger partial charge in [-0.05, 0) is 35.9 Å². The van der Waals surface area contributed by atoms with Crippen LogP contribution in [-0.4, -0.2) is 48.9 Å². The lowest BCUT2D eigenvalue weighted by atomic mass is 10.1. The van der Waals surface area contributed by atoms with E-state index in [1.165, 1.54) is 12.1 Å². The predicted octanol–water partition coefficient (Wildman–Crippen LogP) is 3.08. The van der Waals surface area contributed by atoms with E-state index in [0.29, 0.717) is 35.5 Å². The molecule has 0 spiro atoms. The molecular weight excluding hydrogens is 476 g/mol. The molecule has 2 aromatic heterocycles. The minimum absolute atomic E-state index is 0.0366. The predicted molar refractivity (Wildman–Crippen MR) is 130 cm³/mol. The molecular formula is C23H19ClN6O3S. The molecule has 0 saturated carbocycles. The van der Waals surface area contributed by atoms with Crippen molar-refractivity contribution in [2.24, 2.45) is 0 Å². The molecule has 1 fully saturated rings. The molecule has 1 aliphatic heterocycles. The van der Waals surface area contributed by atoms with Gasteiger partial charge in [-0.15, -0.1) is 0 Å². The molecule has 2 aromatic carbocycles. The number of piperazine rings is 1. The molecule has 0 unspecified atom stereocenters. The van der Waals surface area contributed by atoms with E-state index in [1.54, 1.807) is 36.7 Å². The number of rotatable bonds is 5. The lowest BCUT2D eigenvalue weighted by molar-refractivity contribution is -0.120. The van der Waals surface area contributed by atoms with Crippen LogP contribution in [0, 0.1) is 0 Å². The molecule has 4 aromatic rings. The molecule has 1 saturated heterocycles. The van der Waals surface area contributed by atoms with E-state index in [9.17, 15) is 13.2 Å². The maximum Gasteiger partial charge on any atom is 0.261 e. The van der Waals surface area contributed by atoms with E-state index < -0.39 is 10.0 Å². The van der Waals surface area contributed by atoms with Crippen LogP contribution in [0.2, 0.25) is 5.15 Å². The normalized spacial score (nSPS) is 14.1. The van der Waals surface area contributed by atoms with Crippen molar-refractivity contribution in [3.05, 3.63) is 72.1 Å². The number of sulfonamides is 1. The summed E-state index contributed by atoms with van der Waals surface area (Å²) in [4.78, 5) is 27.0. The van der Waals surface area contributed by atoms with Crippen LogP contribution in [0.1, 0.15) is 0 Å². The lowest BCUT2D eigenvalue weighted by Crippen LogP contribution is -2.48. The number of aromatic nitrogens is 3. The van der Waals surface area contributed by atoms with Crippen molar-refractivity contribution in [2.75, 3.05) is 29.3 Å². The number of carbonyl (C=O) groups is 1. The van der Waals surface area contributed by atoms with Crippen LogP contribution in [0.4, 0.5) is 11.5 Å². The molecule has 0 bridgehead atoms. The fourth-order valence-corrected chi connectivity index (χ4v) is 4.93. The molecule has 2 N–H and O–H groups in total. The Hall–Kier alpha value is -3.76. The average molecular weight is 495 g/mol. The Kier molecular flexibility index (Phi) is 5.76. The lowest BCUT2D eigenvalue weighted by Gasteiger charge is -2.27. The highest BCUT2D eigenvalue weighted by Gasteiger charge is 2.19. The first-order valence-electron chi connectivity index (χ1n) is 10.4. The molecule has 172 valence electrons. The summed E-state index contributed by atoms with van der Waals surface area (Å²) in [5.74, 6) is 0.560. The molecule has 0 radical (unpaired) electrons. The molecule has 11 heteroatoms. The van der Waals surface area contributed by atoms with Gasteiger partial charge in [0, 0.05) is 24.8 Å². The van der Waals surface area contributed by atoms with Gasteiger partial charge in [0.15, 0.2) is 5.15 Å². The third-order valence-electron chi connectivity index (χ3n) is 5.36. The summed E-state index contributed by atoms with van der Waals surface area (Å²) in [6, 6.07) is 15.2. The highest BCUT2D eigenvalue weighted by atomic mass is 35.5. The standard InChI is InChI=1S/C23H19ClN6O3S/c24-23-20(29-34(32,33)17-4-2-1-3-5-17)11-16(12-27-23)15-6-7-18-19(10-15)28-21(13-26-18)30-9-8-25-22(31)14-30/h1-7,10-13,29H,8-9,14H2,(H,25,31). The molecule has 34 heavy (non-hydrogen) atoms. The number of amides is 1. The van der Waals surface area contributed by atoms with E-state index >= 15 is 0 Å². The zero-order chi connectivity index (χ0) is 23.7. The summed E-state index contributed by atoms with van der Waals surface area (Å²) in [6.07, 6.45) is 3.22. The number of nitrogens with zero attached hydrogens (tertiary/aromatic N) is 4. The van der Waals surface area contributed by atoms with Crippen molar-refractivity contribution in [1.82, 2.24) is 20.3 Å². The maximum atomic E-state index is 12.7. The van der Waals surface area contributed by atoms with Crippen LogP contribution in [-0.2, 0) is 14.8 Å². The Morgan fingerprint density at radius 3 is 2.59 bits per heavy atom. The second-order valence-corrected chi connectivity index (χ2v) is 9.72. The summed E-state index contributed by atoms with van der Waals surface area (Å²) in [6.45, 7) is 1.43. The number of halogens is 1. The third-order valence-corrected chi connectivity index (χ3v) is 7.04. The minimum Gasteiger partial charge on any atom is -0.353 e. The molecule has 5 rings (SSSR count). The number of benzene rings is 2. The van der Waals surface area contributed by atoms with Gasteiger partial charge in [-0.2, -0.15) is 0 Å². The molecule has 1 aliphatic rings. The first-order valence-corrected chi connectivity index (χ1v) is 12.3. The Balaban J connectivity index is 1.48. The first kappa shape index (κ1) is 22.1. The fourth-order valence-electron chi connectivity index (χ4n) is 3.65. The molecule has 0 atom stereocenters. The Morgan fingerprint density at radius 1 is 0.971 bits per heavy atom. The summed E-state index contributed by atoms with van der Waals surface area (Å²) in [7, 11) is -3.83. The van der Waals surface area contributed by atoms with Gasteiger partial charge in [-0.3, -0.25) is 14.5 Å². The second-order valence-electron chi connectivity index (χ2n) is 7.68. The van der Waals surface area contributed by atoms with E-state index in [-0.39, 0.29) is 28.2 Å². The van der Waals surface area contributed by atoms with Crippen LogP contribution in [0.15, 0.2) is 71.9 Å². The summed E-state index contributed by atoms with van der Waals surface area (Å²) in [5, 5.41) is 2.83. The average Bonchev–Trinajstić information content (AvgIpc) is 2.85. The quantitative estimate of drug-likeness (QED) is 0.409. The minimum atomic E-state index is -3.83. The van der Waals surface area contributed by atoms with Crippen molar-refractivity contribution < 1.29 is 13.2 Å². The third kappa shape index (κ3) is 4.50. The van der Waals surface area contributed by atoms with Crippen LogP contribution < -0.4 is 14.9 Å². The van der Waals surface area contributed by atoms with Crippen molar-refractivity contribution in [2.45, 2.75) is 4.90 Å². The summed E-state index contributed by atoms with van der Waals surface area (Å²) in [5.41, 5.74) is 2.92. The van der Waals surface area contributed by atoms with Gasteiger partial charge in [0.05, 0.1) is 34.4 Å². The SMILES string of the molecule is O=C1CN(c2cnc3ccc(-c4cnc(Cl)c(NS(=O)(=O)c5ccccc5)c4)cc3n2)CCN1. The highest BCUT2D eigenvalue weighted by molar-refractivity contribution is 7.92. The fraction of sp³-hybridized carbons (Fsp3) is 0.130. The van der Waals surface area contributed by atoms with Gasteiger partial charge in [0.2, 0.25) is 5.91 Å². The van der Waals surface area contributed by atoms with E-state index in [2.05, 4.69) is 25.0 Å². The van der Waals surface area contributed by atoms with Crippen molar-refractivity contribution in [1.29, 1.82) is 0 Å². The number of fused-ring (bicyclic) bond motifs is 1. The van der Waals surface area contributed by atoms with E-state index in [4.69, 9.17) is 11.6 Å². The second kappa shape index (κ2) is 8.88. The first-order chi connectivity index (χ1) is 16.4. The largest absolute Gasteiger partial charge is 0.353 e. The molecule has 1 amide bonds. The van der Waals surface area contributed by atoms with Gasteiger partial charge < -0.3 is 10.2 Å². The summed E-state index contributed by atoms with van der Waals surface area (Å²) >= 11 is 6.19. The van der Waals surface area contributed by atoms with Crippen molar-refractivity contribution in [3.8, 4) is 11.1 Å². The molecule has 9 nitrogen and oxygen atoms in total. The molecule has 3 heterocycles. The van der Waals surface area contributed by atoms with Gasteiger partial charge in [0.1, 0.15) is 5.82 Å². The number of hydrogen-bond donors (Lipinski definition) is 2. The molecule has 0 aliphatic carbocycles. The zero-order valence-electron chi connectivity index (χ0n) is 17.8. The van der Waals surface area contributed by atoms with Crippen LogP contribution in [0.3, 0.4) is 0 Å². The smallest absolute Gasteiger partial charge is 0.261 e. The Bertz CT molecular complexity index is 1500. The number of anilines is 2. The number of carbonyl (C=O) groups excluding carboxylic acids is 1. The zero-order valence-corrected chi connectivity index (χ0v) is 19.3. The monoisotopic (exact) mass is 494 g/mol. The number of hydrogen-bond acceptors (Lipinski definition) is 7. The van der Waals surface area contributed by atoms with E-state index in [0.717, 1.165) is 5.56 Å². The van der Waals surface area contributed by atoms with Crippen LogP contribution in [0.25, 0.3) is 22.2 Å². The van der Waals surface area contributed by atoms with Gasteiger partial charge >= 0.3 is 0 Å².